The molecular weight excluding hydrogens is 304 g/mol. The molecule has 2 heterocycles. The molecule has 0 spiro atoms. The Morgan fingerprint density at radius 1 is 1.25 bits per heavy atom. The van der Waals surface area contributed by atoms with Gasteiger partial charge in [0.25, 0.3) is 0 Å². The Kier molecular flexibility index (Phi) is 4.81. The fourth-order valence-electron chi connectivity index (χ4n) is 3.06. The van der Waals surface area contributed by atoms with Crippen molar-refractivity contribution in [3.8, 4) is 5.75 Å². The second-order valence-corrected chi connectivity index (χ2v) is 6.30. The number of carboxylic acid groups (broad SMARTS) is 1. The zero-order chi connectivity index (χ0) is 17.0. The number of hydrogen-bond acceptors (Lipinski definition) is 4. The maximum Gasteiger partial charge on any atom is 0.348 e. The first kappa shape index (κ1) is 16.5. The molecule has 0 saturated carbocycles. The number of benzene rings is 1. The number of piperidine rings is 1. The summed E-state index contributed by atoms with van der Waals surface area (Å²) < 4.78 is 6.00. The van der Waals surface area contributed by atoms with Gasteiger partial charge >= 0.3 is 5.97 Å². The van der Waals surface area contributed by atoms with Gasteiger partial charge in [-0.25, -0.2) is 4.79 Å². The Balaban J connectivity index is 1.68. The molecule has 1 aromatic carbocycles. The standard InChI is InChI=1S/C19H22N2O3/c1-15-5-2-3-7-17(15)24-19(18(22)23)8-11-21(12-9-19)14-16-6-4-10-20-13-16/h2-7,10,13H,8-9,11-12,14H2,1H3,(H,22,23). The normalized spacial score (nSPS) is 17.4. The van der Waals surface area contributed by atoms with Crippen LogP contribution in [0, 0.1) is 6.92 Å². The summed E-state index contributed by atoms with van der Waals surface area (Å²) in [5.41, 5.74) is 0.952. The van der Waals surface area contributed by atoms with Crippen LogP contribution in [-0.4, -0.2) is 39.7 Å². The minimum atomic E-state index is -1.14. The predicted octanol–water partition coefficient (Wildman–Crippen LogP) is 2.89. The molecule has 5 heteroatoms. The third kappa shape index (κ3) is 3.57. The molecule has 1 aromatic heterocycles. The van der Waals surface area contributed by atoms with E-state index in [-0.39, 0.29) is 0 Å². The molecule has 3 rings (SSSR count). The maximum atomic E-state index is 11.9. The second-order valence-electron chi connectivity index (χ2n) is 6.30. The number of rotatable bonds is 5. The van der Waals surface area contributed by atoms with Crippen molar-refractivity contribution < 1.29 is 14.6 Å². The SMILES string of the molecule is Cc1ccccc1OC1(C(=O)O)CCN(Cc2cccnc2)CC1. The van der Waals surface area contributed by atoms with E-state index < -0.39 is 11.6 Å². The van der Waals surface area contributed by atoms with E-state index in [0.29, 0.717) is 31.7 Å². The van der Waals surface area contributed by atoms with E-state index in [1.165, 1.54) is 0 Å². The average molecular weight is 326 g/mol. The Morgan fingerprint density at radius 2 is 2.00 bits per heavy atom. The van der Waals surface area contributed by atoms with Crippen LogP contribution in [0.4, 0.5) is 0 Å². The number of para-hydroxylation sites is 1. The number of nitrogens with zero attached hydrogens (tertiary/aromatic N) is 2. The first-order chi connectivity index (χ1) is 11.6. The Hall–Kier alpha value is -2.40. The molecule has 5 nitrogen and oxygen atoms in total. The third-order valence-electron chi connectivity index (χ3n) is 4.58. The van der Waals surface area contributed by atoms with Gasteiger partial charge in [-0.3, -0.25) is 9.88 Å². The lowest BCUT2D eigenvalue weighted by Crippen LogP contribution is -2.53. The van der Waals surface area contributed by atoms with Gasteiger partial charge in [0.1, 0.15) is 5.75 Å². The van der Waals surface area contributed by atoms with Crippen LogP contribution in [0.15, 0.2) is 48.8 Å². The van der Waals surface area contributed by atoms with E-state index in [0.717, 1.165) is 17.7 Å². The van der Waals surface area contributed by atoms with Crippen LogP contribution in [0.1, 0.15) is 24.0 Å². The first-order valence-electron chi connectivity index (χ1n) is 8.18. The second kappa shape index (κ2) is 7.01. The number of hydrogen-bond donors (Lipinski definition) is 1. The van der Waals surface area contributed by atoms with Crippen LogP contribution in [-0.2, 0) is 11.3 Å². The van der Waals surface area contributed by atoms with Crippen molar-refractivity contribution in [1.29, 1.82) is 0 Å². The number of likely N-dealkylation sites (tertiary alicyclic amines) is 1. The van der Waals surface area contributed by atoms with Gasteiger partial charge in [-0.05, 0) is 30.2 Å². The summed E-state index contributed by atoms with van der Waals surface area (Å²) in [6.45, 7) is 4.09. The van der Waals surface area contributed by atoms with Crippen molar-refractivity contribution in [3.63, 3.8) is 0 Å². The van der Waals surface area contributed by atoms with Crippen molar-refractivity contribution in [2.24, 2.45) is 0 Å². The minimum Gasteiger partial charge on any atom is -0.478 e. The zero-order valence-electron chi connectivity index (χ0n) is 13.8. The molecule has 1 aliphatic rings. The minimum absolute atomic E-state index is 0.469. The third-order valence-corrected chi connectivity index (χ3v) is 4.58. The fraction of sp³-hybridized carbons (Fsp3) is 0.368. The molecule has 0 unspecified atom stereocenters. The zero-order valence-corrected chi connectivity index (χ0v) is 13.8. The van der Waals surface area contributed by atoms with E-state index in [1.807, 2.05) is 49.5 Å². The van der Waals surface area contributed by atoms with Crippen molar-refractivity contribution in [2.75, 3.05) is 13.1 Å². The van der Waals surface area contributed by atoms with Gasteiger partial charge in [0.15, 0.2) is 0 Å². The van der Waals surface area contributed by atoms with Crippen molar-refractivity contribution in [3.05, 3.63) is 59.9 Å². The molecule has 0 aliphatic carbocycles. The van der Waals surface area contributed by atoms with Gasteiger partial charge in [0, 0.05) is 44.9 Å². The number of aliphatic carboxylic acids is 1. The maximum absolute atomic E-state index is 11.9. The summed E-state index contributed by atoms with van der Waals surface area (Å²) in [5, 5.41) is 9.76. The molecule has 0 amide bonds. The van der Waals surface area contributed by atoms with Crippen molar-refractivity contribution in [1.82, 2.24) is 9.88 Å². The van der Waals surface area contributed by atoms with E-state index in [4.69, 9.17) is 4.74 Å². The number of ether oxygens (including phenoxy) is 1. The van der Waals surface area contributed by atoms with E-state index in [9.17, 15) is 9.90 Å². The summed E-state index contributed by atoms with van der Waals surface area (Å²) in [6, 6.07) is 11.5. The van der Waals surface area contributed by atoms with Crippen molar-refractivity contribution in [2.45, 2.75) is 31.9 Å². The highest BCUT2D eigenvalue weighted by molar-refractivity contribution is 5.78. The summed E-state index contributed by atoms with van der Waals surface area (Å²) in [4.78, 5) is 18.3. The molecule has 0 bridgehead atoms. The lowest BCUT2D eigenvalue weighted by Gasteiger charge is -2.39. The van der Waals surface area contributed by atoms with Gasteiger partial charge in [0.2, 0.25) is 5.60 Å². The van der Waals surface area contributed by atoms with Crippen LogP contribution in [0.3, 0.4) is 0 Å². The fourth-order valence-corrected chi connectivity index (χ4v) is 3.06. The van der Waals surface area contributed by atoms with Gasteiger partial charge in [-0.15, -0.1) is 0 Å². The molecule has 1 aliphatic heterocycles. The molecule has 0 radical (unpaired) electrons. The topological polar surface area (TPSA) is 62.7 Å². The molecule has 0 atom stereocenters. The van der Waals surface area contributed by atoms with Crippen LogP contribution in [0.2, 0.25) is 0 Å². The largest absolute Gasteiger partial charge is 0.478 e. The summed E-state index contributed by atoms with van der Waals surface area (Å²) in [7, 11) is 0. The molecule has 2 aromatic rings. The number of aryl methyl sites for hydroxylation is 1. The molecule has 24 heavy (non-hydrogen) atoms. The smallest absolute Gasteiger partial charge is 0.348 e. The number of pyridine rings is 1. The van der Waals surface area contributed by atoms with Crippen LogP contribution in [0.5, 0.6) is 5.75 Å². The lowest BCUT2D eigenvalue weighted by molar-refractivity contribution is -0.159. The lowest BCUT2D eigenvalue weighted by atomic mass is 9.90. The van der Waals surface area contributed by atoms with Crippen molar-refractivity contribution >= 4 is 5.97 Å². The van der Waals surface area contributed by atoms with Gasteiger partial charge in [0.05, 0.1) is 0 Å². The van der Waals surface area contributed by atoms with Gasteiger partial charge in [-0.1, -0.05) is 24.3 Å². The van der Waals surface area contributed by atoms with Gasteiger partial charge in [-0.2, -0.15) is 0 Å². The predicted molar refractivity (Wildman–Crippen MR) is 90.9 cm³/mol. The van der Waals surface area contributed by atoms with E-state index in [2.05, 4.69) is 9.88 Å². The molecule has 1 fully saturated rings. The van der Waals surface area contributed by atoms with E-state index >= 15 is 0 Å². The molecule has 126 valence electrons. The number of aromatic nitrogens is 1. The van der Waals surface area contributed by atoms with E-state index in [1.54, 1.807) is 6.20 Å². The molecule has 1 saturated heterocycles. The van der Waals surface area contributed by atoms with Gasteiger partial charge < -0.3 is 9.84 Å². The van der Waals surface area contributed by atoms with Crippen LogP contribution >= 0.6 is 0 Å². The highest BCUT2D eigenvalue weighted by atomic mass is 16.5. The highest BCUT2D eigenvalue weighted by Gasteiger charge is 2.44. The molecule has 1 N–H and O–H groups in total. The quantitative estimate of drug-likeness (QED) is 0.915. The first-order valence-corrected chi connectivity index (χ1v) is 8.18. The summed E-state index contributed by atoms with van der Waals surface area (Å²) in [6.07, 6.45) is 4.54. The Labute approximate surface area is 141 Å². The summed E-state index contributed by atoms with van der Waals surface area (Å²) in [5.74, 6) is -0.229. The highest BCUT2D eigenvalue weighted by Crippen LogP contribution is 2.31. The molecular formula is C19H22N2O3. The monoisotopic (exact) mass is 326 g/mol. The Bertz CT molecular complexity index is 695. The number of carbonyl (C=O) groups is 1. The Morgan fingerprint density at radius 3 is 2.62 bits per heavy atom. The average Bonchev–Trinajstić information content (AvgIpc) is 2.59. The van der Waals surface area contributed by atoms with Crippen LogP contribution in [0.25, 0.3) is 0 Å². The van der Waals surface area contributed by atoms with Crippen LogP contribution < -0.4 is 4.74 Å². The number of carboxylic acids is 1. The summed E-state index contributed by atoms with van der Waals surface area (Å²) >= 11 is 0.